The molecule has 0 bridgehead atoms. The Kier molecular flexibility index (Phi) is 8.16. The van der Waals surface area contributed by atoms with Crippen molar-refractivity contribution >= 4 is 5.91 Å². The molecule has 4 heteroatoms. The molecule has 26 heavy (non-hydrogen) atoms. The van der Waals surface area contributed by atoms with Gasteiger partial charge in [-0.05, 0) is 43.5 Å². The van der Waals surface area contributed by atoms with Crippen LogP contribution < -0.4 is 10.1 Å². The molecule has 0 atom stereocenters. The lowest BCUT2D eigenvalue weighted by Gasteiger charge is -2.26. The van der Waals surface area contributed by atoms with Crippen molar-refractivity contribution in [3.05, 3.63) is 65.7 Å². The molecule has 1 amide bonds. The predicted octanol–water partition coefficient (Wildman–Crippen LogP) is 4.00. The Morgan fingerprint density at radius 1 is 1.08 bits per heavy atom. The van der Waals surface area contributed by atoms with Gasteiger partial charge in [0.1, 0.15) is 5.75 Å². The predicted molar refractivity (Wildman–Crippen MR) is 106 cm³/mol. The number of nitrogens with one attached hydrogen (secondary N) is 1. The van der Waals surface area contributed by atoms with Gasteiger partial charge in [-0.15, -0.1) is 0 Å². The Morgan fingerprint density at radius 3 is 2.50 bits per heavy atom. The van der Waals surface area contributed by atoms with Crippen molar-refractivity contribution in [2.75, 3.05) is 13.2 Å². The quantitative estimate of drug-likeness (QED) is 0.701. The molecule has 2 aromatic carbocycles. The topological polar surface area (TPSA) is 41.6 Å². The summed E-state index contributed by atoms with van der Waals surface area (Å²) in [5.74, 6) is 0.890. The third-order valence-electron chi connectivity index (χ3n) is 4.17. The molecule has 0 radical (unpaired) electrons. The third kappa shape index (κ3) is 6.89. The van der Waals surface area contributed by atoms with Crippen LogP contribution in [0.3, 0.4) is 0 Å². The highest BCUT2D eigenvalue weighted by Gasteiger charge is 2.14. The Labute approximate surface area is 157 Å². The standard InChI is InChI=1S/C22H30N2O2/c1-4-13-26-21-12-8-11-20(14-21)15-23-22(25)17-24(18(2)3)16-19-9-6-5-7-10-19/h5-12,14,18H,4,13,15-17H2,1-3H3,(H,23,25). The fourth-order valence-corrected chi connectivity index (χ4v) is 2.65. The zero-order valence-electron chi connectivity index (χ0n) is 16.1. The van der Waals surface area contributed by atoms with Crippen LogP contribution in [0.4, 0.5) is 0 Å². The number of hydrogen-bond donors (Lipinski definition) is 1. The fourth-order valence-electron chi connectivity index (χ4n) is 2.65. The second kappa shape index (κ2) is 10.6. The lowest BCUT2D eigenvalue weighted by molar-refractivity contribution is -0.123. The first-order valence-electron chi connectivity index (χ1n) is 9.35. The second-order valence-corrected chi connectivity index (χ2v) is 6.76. The van der Waals surface area contributed by atoms with Crippen molar-refractivity contribution in [1.29, 1.82) is 0 Å². The van der Waals surface area contributed by atoms with Crippen molar-refractivity contribution in [3.63, 3.8) is 0 Å². The number of carbonyl (C=O) groups excluding carboxylic acids is 1. The van der Waals surface area contributed by atoms with Gasteiger partial charge in [0.25, 0.3) is 0 Å². The minimum Gasteiger partial charge on any atom is -0.494 e. The van der Waals surface area contributed by atoms with E-state index in [0.29, 0.717) is 25.7 Å². The molecule has 0 fully saturated rings. The number of amides is 1. The van der Waals surface area contributed by atoms with Crippen molar-refractivity contribution in [3.8, 4) is 5.75 Å². The molecule has 0 heterocycles. The van der Waals surface area contributed by atoms with E-state index in [1.54, 1.807) is 0 Å². The minimum atomic E-state index is 0.0366. The van der Waals surface area contributed by atoms with E-state index in [2.05, 4.69) is 43.1 Å². The van der Waals surface area contributed by atoms with Gasteiger partial charge in [0.2, 0.25) is 5.91 Å². The van der Waals surface area contributed by atoms with Crippen LogP contribution in [-0.4, -0.2) is 30.0 Å². The summed E-state index contributed by atoms with van der Waals surface area (Å²) in [6.45, 7) is 8.69. The molecule has 0 aliphatic rings. The molecule has 0 saturated carbocycles. The van der Waals surface area contributed by atoms with Crippen LogP contribution in [0.5, 0.6) is 5.75 Å². The average Bonchev–Trinajstić information content (AvgIpc) is 2.65. The molecule has 0 aliphatic heterocycles. The Bertz CT molecular complexity index is 671. The number of rotatable bonds is 10. The Balaban J connectivity index is 1.86. The maximum Gasteiger partial charge on any atom is 0.234 e. The van der Waals surface area contributed by atoms with Crippen LogP contribution in [0.25, 0.3) is 0 Å². The highest BCUT2D eigenvalue weighted by molar-refractivity contribution is 5.78. The number of ether oxygens (including phenoxy) is 1. The maximum absolute atomic E-state index is 12.4. The molecular weight excluding hydrogens is 324 g/mol. The molecular formula is C22H30N2O2. The number of carbonyl (C=O) groups is 1. The van der Waals surface area contributed by atoms with Crippen LogP contribution in [0.1, 0.15) is 38.3 Å². The summed E-state index contributed by atoms with van der Waals surface area (Å²) in [6.07, 6.45) is 0.980. The highest BCUT2D eigenvalue weighted by atomic mass is 16.5. The van der Waals surface area contributed by atoms with Crippen LogP contribution in [-0.2, 0) is 17.9 Å². The summed E-state index contributed by atoms with van der Waals surface area (Å²) in [4.78, 5) is 14.6. The van der Waals surface area contributed by atoms with Gasteiger partial charge in [-0.2, -0.15) is 0 Å². The molecule has 1 N–H and O–H groups in total. The van der Waals surface area contributed by atoms with Gasteiger partial charge in [0.05, 0.1) is 13.2 Å². The minimum absolute atomic E-state index is 0.0366. The van der Waals surface area contributed by atoms with E-state index < -0.39 is 0 Å². The highest BCUT2D eigenvalue weighted by Crippen LogP contribution is 2.13. The zero-order chi connectivity index (χ0) is 18.8. The summed E-state index contributed by atoms with van der Waals surface area (Å²) in [7, 11) is 0. The molecule has 0 aromatic heterocycles. The fraction of sp³-hybridized carbons (Fsp3) is 0.409. The van der Waals surface area contributed by atoms with E-state index in [1.165, 1.54) is 5.56 Å². The number of nitrogens with zero attached hydrogens (tertiary/aromatic N) is 1. The van der Waals surface area contributed by atoms with Gasteiger partial charge < -0.3 is 10.1 Å². The molecule has 0 saturated heterocycles. The average molecular weight is 354 g/mol. The van der Waals surface area contributed by atoms with E-state index >= 15 is 0 Å². The SMILES string of the molecule is CCCOc1cccc(CNC(=O)CN(Cc2ccccc2)C(C)C)c1. The maximum atomic E-state index is 12.4. The van der Waals surface area contributed by atoms with Gasteiger partial charge in [-0.3, -0.25) is 9.69 Å². The molecule has 4 nitrogen and oxygen atoms in total. The summed E-state index contributed by atoms with van der Waals surface area (Å²) in [6, 6.07) is 18.4. The summed E-state index contributed by atoms with van der Waals surface area (Å²) < 4.78 is 5.64. The zero-order valence-corrected chi connectivity index (χ0v) is 16.1. The Hall–Kier alpha value is -2.33. The first-order chi connectivity index (χ1) is 12.6. The smallest absolute Gasteiger partial charge is 0.234 e. The molecule has 0 spiro atoms. The first-order valence-corrected chi connectivity index (χ1v) is 9.35. The van der Waals surface area contributed by atoms with E-state index in [4.69, 9.17) is 4.74 Å². The Morgan fingerprint density at radius 2 is 1.81 bits per heavy atom. The summed E-state index contributed by atoms with van der Waals surface area (Å²) >= 11 is 0. The second-order valence-electron chi connectivity index (χ2n) is 6.76. The van der Waals surface area contributed by atoms with Gasteiger partial charge in [0.15, 0.2) is 0 Å². The number of hydrogen-bond acceptors (Lipinski definition) is 3. The van der Waals surface area contributed by atoms with Crippen molar-refractivity contribution in [2.24, 2.45) is 0 Å². The van der Waals surface area contributed by atoms with Gasteiger partial charge in [-0.1, -0.05) is 49.4 Å². The molecule has 0 aliphatic carbocycles. The van der Waals surface area contributed by atoms with Crippen LogP contribution in [0.15, 0.2) is 54.6 Å². The lowest BCUT2D eigenvalue weighted by atomic mass is 10.2. The normalized spacial score (nSPS) is 11.0. The molecule has 2 aromatic rings. The lowest BCUT2D eigenvalue weighted by Crippen LogP contribution is -2.40. The van der Waals surface area contributed by atoms with Crippen LogP contribution >= 0.6 is 0 Å². The molecule has 0 unspecified atom stereocenters. The van der Waals surface area contributed by atoms with E-state index in [0.717, 1.165) is 24.3 Å². The van der Waals surface area contributed by atoms with Gasteiger partial charge in [0, 0.05) is 19.1 Å². The summed E-state index contributed by atoms with van der Waals surface area (Å²) in [5.41, 5.74) is 2.26. The van der Waals surface area contributed by atoms with Crippen molar-refractivity contribution in [1.82, 2.24) is 10.2 Å². The van der Waals surface area contributed by atoms with E-state index in [-0.39, 0.29) is 5.91 Å². The van der Waals surface area contributed by atoms with Crippen molar-refractivity contribution in [2.45, 2.75) is 46.3 Å². The largest absolute Gasteiger partial charge is 0.494 e. The molecule has 2 rings (SSSR count). The van der Waals surface area contributed by atoms with Crippen LogP contribution in [0.2, 0.25) is 0 Å². The van der Waals surface area contributed by atoms with E-state index in [1.807, 2.05) is 42.5 Å². The first kappa shape index (κ1) is 20.0. The summed E-state index contributed by atoms with van der Waals surface area (Å²) in [5, 5.41) is 3.02. The van der Waals surface area contributed by atoms with Gasteiger partial charge in [-0.25, -0.2) is 0 Å². The number of benzene rings is 2. The van der Waals surface area contributed by atoms with E-state index in [9.17, 15) is 4.79 Å². The van der Waals surface area contributed by atoms with Gasteiger partial charge >= 0.3 is 0 Å². The van der Waals surface area contributed by atoms with Crippen LogP contribution in [0, 0.1) is 0 Å². The van der Waals surface area contributed by atoms with Crippen molar-refractivity contribution < 1.29 is 9.53 Å². The molecule has 140 valence electrons. The third-order valence-corrected chi connectivity index (χ3v) is 4.17. The monoisotopic (exact) mass is 354 g/mol.